The molecule has 118 valence electrons. The molecule has 0 amide bonds. The van der Waals surface area contributed by atoms with E-state index in [1.807, 2.05) is 54.6 Å². The third-order valence-corrected chi connectivity index (χ3v) is 3.91. The van der Waals surface area contributed by atoms with Gasteiger partial charge in [0.25, 0.3) is 0 Å². The van der Waals surface area contributed by atoms with Gasteiger partial charge in [-0.1, -0.05) is 44.2 Å². The highest BCUT2D eigenvalue weighted by Crippen LogP contribution is 2.24. The van der Waals surface area contributed by atoms with Crippen molar-refractivity contribution in [3.63, 3.8) is 0 Å². The molecule has 3 nitrogen and oxygen atoms in total. The Bertz CT molecular complexity index is 551. The first-order chi connectivity index (χ1) is 10.6. The maximum atomic E-state index is 10.4. The Morgan fingerprint density at radius 2 is 1.64 bits per heavy atom. The molecule has 0 aliphatic heterocycles. The van der Waals surface area contributed by atoms with E-state index in [2.05, 4.69) is 19.2 Å². The van der Waals surface area contributed by atoms with Crippen LogP contribution in [-0.4, -0.2) is 18.3 Å². The maximum absolute atomic E-state index is 10.4. The summed E-state index contributed by atoms with van der Waals surface area (Å²) in [6, 6.07) is 17.9. The van der Waals surface area contributed by atoms with Crippen LogP contribution in [0.1, 0.15) is 31.9 Å². The number of ether oxygens (including phenoxy) is 1. The van der Waals surface area contributed by atoms with Crippen LogP contribution in [0.2, 0.25) is 0 Å². The Morgan fingerprint density at radius 3 is 2.18 bits per heavy atom. The first-order valence-electron chi connectivity index (χ1n) is 7.73. The van der Waals surface area contributed by atoms with Crippen molar-refractivity contribution < 1.29 is 9.84 Å². The molecule has 0 unspecified atom stereocenters. The lowest BCUT2D eigenvalue weighted by Gasteiger charge is -2.26. The SMILES string of the molecule is COc1ccc(N[C@@H](C[C@@H](O)c2ccccc2)C(C)C)cc1. The summed E-state index contributed by atoms with van der Waals surface area (Å²) in [7, 11) is 1.66. The van der Waals surface area contributed by atoms with Gasteiger partial charge in [-0.2, -0.15) is 0 Å². The lowest BCUT2D eigenvalue weighted by Crippen LogP contribution is -2.28. The number of hydrogen-bond acceptors (Lipinski definition) is 3. The summed E-state index contributed by atoms with van der Waals surface area (Å²) >= 11 is 0. The number of benzene rings is 2. The van der Waals surface area contributed by atoms with Crippen LogP contribution in [0.3, 0.4) is 0 Å². The summed E-state index contributed by atoms with van der Waals surface area (Å²) in [5.41, 5.74) is 2.00. The van der Waals surface area contributed by atoms with Gasteiger partial charge in [0.15, 0.2) is 0 Å². The van der Waals surface area contributed by atoms with Crippen molar-refractivity contribution in [3.05, 3.63) is 60.2 Å². The van der Waals surface area contributed by atoms with E-state index in [1.54, 1.807) is 7.11 Å². The number of anilines is 1. The van der Waals surface area contributed by atoms with E-state index in [0.717, 1.165) is 17.0 Å². The molecule has 0 heterocycles. The highest BCUT2D eigenvalue weighted by atomic mass is 16.5. The summed E-state index contributed by atoms with van der Waals surface area (Å²) in [6.07, 6.45) is 0.215. The minimum Gasteiger partial charge on any atom is -0.497 e. The maximum Gasteiger partial charge on any atom is 0.119 e. The second kappa shape index (κ2) is 7.85. The summed E-state index contributed by atoms with van der Waals surface area (Å²) in [6.45, 7) is 4.33. The smallest absolute Gasteiger partial charge is 0.119 e. The molecule has 2 aromatic rings. The van der Waals surface area contributed by atoms with Gasteiger partial charge in [0, 0.05) is 11.7 Å². The second-order valence-corrected chi connectivity index (χ2v) is 5.89. The van der Waals surface area contributed by atoms with E-state index in [1.165, 1.54) is 0 Å². The molecule has 0 aliphatic carbocycles. The van der Waals surface area contributed by atoms with E-state index in [-0.39, 0.29) is 6.04 Å². The highest BCUT2D eigenvalue weighted by Gasteiger charge is 2.19. The standard InChI is InChI=1S/C19H25NO2/c1-14(2)18(13-19(21)15-7-5-4-6-8-15)20-16-9-11-17(22-3)12-10-16/h4-12,14,18-21H,13H2,1-3H3/t18-,19+/m0/s1. The van der Waals surface area contributed by atoms with Crippen molar-refractivity contribution in [1.82, 2.24) is 0 Å². The van der Waals surface area contributed by atoms with Crippen molar-refractivity contribution >= 4 is 5.69 Å². The molecule has 0 aliphatic rings. The predicted octanol–water partition coefficient (Wildman–Crippen LogP) is 4.26. The topological polar surface area (TPSA) is 41.5 Å². The predicted molar refractivity (Wildman–Crippen MR) is 91.3 cm³/mol. The van der Waals surface area contributed by atoms with Gasteiger partial charge in [-0.15, -0.1) is 0 Å². The fourth-order valence-electron chi connectivity index (χ4n) is 2.45. The minimum absolute atomic E-state index is 0.198. The first kappa shape index (κ1) is 16.4. The molecule has 0 aromatic heterocycles. The van der Waals surface area contributed by atoms with Gasteiger partial charge in [-0.05, 0) is 42.2 Å². The zero-order valence-electron chi connectivity index (χ0n) is 13.5. The van der Waals surface area contributed by atoms with Gasteiger partial charge < -0.3 is 15.2 Å². The average Bonchev–Trinajstić information content (AvgIpc) is 2.55. The van der Waals surface area contributed by atoms with Crippen LogP contribution in [0, 0.1) is 5.92 Å². The van der Waals surface area contributed by atoms with E-state index >= 15 is 0 Å². The fourth-order valence-corrected chi connectivity index (χ4v) is 2.45. The van der Waals surface area contributed by atoms with Gasteiger partial charge >= 0.3 is 0 Å². The fraction of sp³-hybridized carbons (Fsp3) is 0.368. The van der Waals surface area contributed by atoms with Crippen molar-refractivity contribution in [2.75, 3.05) is 12.4 Å². The van der Waals surface area contributed by atoms with Crippen LogP contribution in [0.15, 0.2) is 54.6 Å². The van der Waals surface area contributed by atoms with Crippen molar-refractivity contribution in [2.24, 2.45) is 5.92 Å². The minimum atomic E-state index is -0.459. The van der Waals surface area contributed by atoms with Crippen LogP contribution in [-0.2, 0) is 0 Å². The van der Waals surface area contributed by atoms with Gasteiger partial charge in [-0.25, -0.2) is 0 Å². The summed E-state index contributed by atoms with van der Waals surface area (Å²) in [5.74, 6) is 1.26. The number of aliphatic hydroxyl groups is 1. The van der Waals surface area contributed by atoms with Gasteiger partial charge in [0.1, 0.15) is 5.75 Å². The lowest BCUT2D eigenvalue weighted by molar-refractivity contribution is 0.153. The quantitative estimate of drug-likeness (QED) is 0.803. The Labute approximate surface area is 133 Å². The lowest BCUT2D eigenvalue weighted by atomic mass is 9.94. The molecular weight excluding hydrogens is 274 g/mol. The molecule has 0 fully saturated rings. The zero-order valence-corrected chi connectivity index (χ0v) is 13.5. The second-order valence-electron chi connectivity index (χ2n) is 5.89. The molecule has 2 aromatic carbocycles. The third-order valence-electron chi connectivity index (χ3n) is 3.91. The monoisotopic (exact) mass is 299 g/mol. The molecule has 22 heavy (non-hydrogen) atoms. The van der Waals surface area contributed by atoms with E-state index in [4.69, 9.17) is 4.74 Å². The van der Waals surface area contributed by atoms with E-state index < -0.39 is 6.10 Å². The molecule has 2 N–H and O–H groups in total. The van der Waals surface area contributed by atoms with E-state index in [9.17, 15) is 5.11 Å². The molecule has 0 bridgehead atoms. The zero-order chi connectivity index (χ0) is 15.9. The Morgan fingerprint density at radius 1 is 1.00 bits per heavy atom. The summed E-state index contributed by atoms with van der Waals surface area (Å²) < 4.78 is 5.18. The molecule has 0 spiro atoms. The molecule has 0 radical (unpaired) electrons. The normalized spacial score (nSPS) is 13.7. The number of aliphatic hydroxyl groups excluding tert-OH is 1. The first-order valence-corrected chi connectivity index (χ1v) is 7.73. The number of nitrogens with one attached hydrogen (secondary N) is 1. The summed E-state index contributed by atoms with van der Waals surface area (Å²) in [5, 5.41) is 14.0. The van der Waals surface area contributed by atoms with Gasteiger partial charge in [0.05, 0.1) is 13.2 Å². The number of hydrogen-bond donors (Lipinski definition) is 2. The van der Waals surface area contributed by atoms with Crippen molar-refractivity contribution in [3.8, 4) is 5.75 Å². The van der Waals surface area contributed by atoms with Gasteiger partial charge in [-0.3, -0.25) is 0 Å². The van der Waals surface area contributed by atoms with E-state index in [0.29, 0.717) is 12.3 Å². The van der Waals surface area contributed by atoms with Crippen LogP contribution < -0.4 is 10.1 Å². The summed E-state index contributed by atoms with van der Waals surface area (Å²) in [4.78, 5) is 0. The molecule has 2 rings (SSSR count). The van der Waals surface area contributed by atoms with Gasteiger partial charge in [0.2, 0.25) is 0 Å². The largest absolute Gasteiger partial charge is 0.497 e. The molecular formula is C19H25NO2. The molecule has 3 heteroatoms. The molecule has 0 saturated heterocycles. The van der Waals surface area contributed by atoms with Crippen molar-refractivity contribution in [2.45, 2.75) is 32.4 Å². The Kier molecular flexibility index (Phi) is 5.84. The van der Waals surface area contributed by atoms with Crippen LogP contribution in [0.4, 0.5) is 5.69 Å². The Balaban J connectivity index is 2.03. The molecule has 2 atom stereocenters. The average molecular weight is 299 g/mol. The number of methoxy groups -OCH3 is 1. The Hall–Kier alpha value is -2.00. The van der Waals surface area contributed by atoms with Crippen molar-refractivity contribution in [1.29, 1.82) is 0 Å². The van der Waals surface area contributed by atoms with Crippen LogP contribution in [0.5, 0.6) is 5.75 Å². The molecule has 0 saturated carbocycles. The number of rotatable bonds is 7. The third kappa shape index (κ3) is 4.50. The van der Waals surface area contributed by atoms with Crippen LogP contribution >= 0.6 is 0 Å². The van der Waals surface area contributed by atoms with Crippen LogP contribution in [0.25, 0.3) is 0 Å². The highest BCUT2D eigenvalue weighted by molar-refractivity contribution is 5.47.